The Hall–Kier alpha value is -0.860. The summed E-state index contributed by atoms with van der Waals surface area (Å²) in [7, 11) is 4.35. The van der Waals surface area contributed by atoms with Crippen molar-refractivity contribution in [2.24, 2.45) is 0 Å². The van der Waals surface area contributed by atoms with Crippen LogP contribution < -0.4 is 0 Å². The van der Waals surface area contributed by atoms with Crippen LogP contribution in [0.4, 0.5) is 0 Å². The summed E-state index contributed by atoms with van der Waals surface area (Å²) in [6, 6.07) is 10.9. The van der Waals surface area contributed by atoms with E-state index in [1.807, 2.05) is 0 Å². The van der Waals surface area contributed by atoms with E-state index < -0.39 is 0 Å². The van der Waals surface area contributed by atoms with Gasteiger partial charge in [-0.1, -0.05) is 133 Å². The third-order valence-electron chi connectivity index (χ3n) is 6.16. The maximum absolute atomic E-state index is 2.30. The molecule has 1 rings (SSSR count). The van der Waals surface area contributed by atoms with Crippen LogP contribution in [0, 0.1) is 0 Å². The monoisotopic (exact) mass is 419 g/mol. The maximum atomic E-state index is 2.30. The lowest BCUT2D eigenvalue weighted by molar-refractivity contribution is 0.389. The highest BCUT2D eigenvalue weighted by molar-refractivity contribution is 5.14. The van der Waals surface area contributed by atoms with Gasteiger partial charge in [0.15, 0.2) is 0 Å². The maximum Gasteiger partial charge on any atom is -0.00248 e. The summed E-state index contributed by atoms with van der Waals surface area (Å²) in [6.45, 7) is 1.26. The van der Waals surface area contributed by atoms with Crippen LogP contribution >= 0.6 is 0 Å². The molecule has 176 valence electrons. The molecule has 0 heterocycles. The van der Waals surface area contributed by atoms with Gasteiger partial charge in [-0.25, -0.2) is 0 Å². The van der Waals surface area contributed by atoms with Crippen LogP contribution in [0.3, 0.4) is 0 Å². The lowest BCUT2D eigenvalue weighted by Crippen LogP contribution is -2.12. The van der Waals surface area contributed by atoms with Gasteiger partial charge in [0.25, 0.3) is 0 Å². The number of aryl methyl sites for hydroxylation is 1. The molecule has 0 aromatic heterocycles. The van der Waals surface area contributed by atoms with E-state index in [-0.39, 0.29) is 5.48 Å². The van der Waals surface area contributed by atoms with E-state index >= 15 is 0 Å². The first-order chi connectivity index (χ1) is 14.3. The zero-order chi connectivity index (χ0) is 20.8. The van der Waals surface area contributed by atoms with Gasteiger partial charge in [-0.05, 0) is 45.5 Å². The van der Waals surface area contributed by atoms with Crippen molar-refractivity contribution in [2.75, 3.05) is 20.6 Å². The Morgan fingerprint density at radius 2 is 0.800 bits per heavy atom. The summed E-state index contributed by atoms with van der Waals surface area (Å²) in [6.07, 6.45) is 27.3. The second-order valence-electron chi connectivity index (χ2n) is 9.40. The molecule has 0 unspecified atom stereocenters. The minimum Gasteiger partial charge on any atom is -0.412 e. The molecule has 0 aliphatic rings. The molecule has 30 heavy (non-hydrogen) atoms. The van der Waals surface area contributed by atoms with Gasteiger partial charge in [0, 0.05) is 0 Å². The molecule has 0 atom stereocenters. The van der Waals surface area contributed by atoms with Crippen molar-refractivity contribution in [3.63, 3.8) is 0 Å². The van der Waals surface area contributed by atoms with Gasteiger partial charge in [0.05, 0.1) is 0 Å². The quantitative estimate of drug-likeness (QED) is 0.186. The SMILES string of the molecule is CN(C)CCCCCCCCCCCCCCCCCCCCc1ccccc1.O. The zero-order valence-electron chi connectivity index (χ0n) is 20.5. The molecule has 0 spiro atoms. The number of unbranched alkanes of at least 4 members (excludes halogenated alkanes) is 17. The van der Waals surface area contributed by atoms with Crippen molar-refractivity contribution < 1.29 is 5.48 Å². The van der Waals surface area contributed by atoms with Crippen LogP contribution in [0.25, 0.3) is 0 Å². The van der Waals surface area contributed by atoms with Crippen molar-refractivity contribution in [3.05, 3.63) is 35.9 Å². The Morgan fingerprint density at radius 1 is 0.467 bits per heavy atom. The van der Waals surface area contributed by atoms with E-state index in [1.54, 1.807) is 0 Å². The zero-order valence-corrected chi connectivity index (χ0v) is 20.5. The molecule has 1 aromatic rings. The molecular weight excluding hydrogens is 366 g/mol. The number of hydrogen-bond acceptors (Lipinski definition) is 1. The largest absolute Gasteiger partial charge is 0.412 e. The topological polar surface area (TPSA) is 34.7 Å². The average molecular weight is 420 g/mol. The molecule has 2 nitrogen and oxygen atoms in total. The summed E-state index contributed by atoms with van der Waals surface area (Å²) in [4.78, 5) is 2.30. The Labute approximate surface area is 189 Å². The molecule has 0 bridgehead atoms. The standard InChI is InChI=1S/C28H51N.H2O/c1-29(2)27-23-18-16-14-12-10-8-6-4-3-5-7-9-11-13-15-17-20-24-28-25-21-19-22-26-28;/h19,21-22,25-26H,3-18,20,23-24,27H2,1-2H3;1H2. The van der Waals surface area contributed by atoms with Crippen LogP contribution in [0.1, 0.15) is 121 Å². The van der Waals surface area contributed by atoms with Gasteiger partial charge in [-0.2, -0.15) is 0 Å². The summed E-state index contributed by atoms with van der Waals surface area (Å²) < 4.78 is 0. The summed E-state index contributed by atoms with van der Waals surface area (Å²) in [5, 5.41) is 0. The highest BCUT2D eigenvalue weighted by Gasteiger charge is 1.96. The predicted molar refractivity (Wildman–Crippen MR) is 135 cm³/mol. The summed E-state index contributed by atoms with van der Waals surface area (Å²) in [5.41, 5.74) is 1.50. The minimum absolute atomic E-state index is 0. The van der Waals surface area contributed by atoms with Crippen LogP contribution in [0.15, 0.2) is 30.3 Å². The molecule has 0 aliphatic carbocycles. The lowest BCUT2D eigenvalue weighted by Gasteiger charge is -2.08. The Morgan fingerprint density at radius 3 is 1.17 bits per heavy atom. The van der Waals surface area contributed by atoms with Crippen LogP contribution in [0.5, 0.6) is 0 Å². The number of hydrogen-bond donors (Lipinski definition) is 0. The average Bonchev–Trinajstić information content (AvgIpc) is 2.73. The molecule has 0 amide bonds. The molecule has 0 fully saturated rings. The van der Waals surface area contributed by atoms with Gasteiger partial charge in [-0.15, -0.1) is 0 Å². The summed E-state index contributed by atoms with van der Waals surface area (Å²) >= 11 is 0. The van der Waals surface area contributed by atoms with E-state index in [4.69, 9.17) is 0 Å². The molecule has 0 saturated heterocycles. The highest BCUT2D eigenvalue weighted by Crippen LogP contribution is 2.15. The van der Waals surface area contributed by atoms with Crippen molar-refractivity contribution in [2.45, 2.75) is 122 Å². The van der Waals surface area contributed by atoms with E-state index in [0.717, 1.165) is 0 Å². The predicted octanol–water partition coefficient (Wildman–Crippen LogP) is 7.99. The Kier molecular flexibility index (Phi) is 22.2. The first-order valence-corrected chi connectivity index (χ1v) is 13.0. The van der Waals surface area contributed by atoms with Gasteiger partial charge in [0.2, 0.25) is 0 Å². The van der Waals surface area contributed by atoms with Crippen molar-refractivity contribution in [1.29, 1.82) is 0 Å². The first kappa shape index (κ1) is 29.1. The number of rotatable bonds is 21. The fraction of sp³-hybridized carbons (Fsp3) is 0.786. The van der Waals surface area contributed by atoms with Crippen LogP contribution in [-0.2, 0) is 6.42 Å². The molecule has 2 heteroatoms. The van der Waals surface area contributed by atoms with Gasteiger partial charge in [-0.3, -0.25) is 0 Å². The smallest absolute Gasteiger partial charge is 0.00248 e. The second kappa shape index (κ2) is 22.8. The normalized spacial score (nSPS) is 11.0. The minimum atomic E-state index is 0. The molecule has 0 saturated carbocycles. The van der Waals surface area contributed by atoms with Crippen molar-refractivity contribution in [1.82, 2.24) is 4.90 Å². The van der Waals surface area contributed by atoms with E-state index in [0.29, 0.717) is 0 Å². The van der Waals surface area contributed by atoms with Crippen LogP contribution in [0.2, 0.25) is 0 Å². The third-order valence-corrected chi connectivity index (χ3v) is 6.16. The number of benzene rings is 1. The van der Waals surface area contributed by atoms with E-state index in [9.17, 15) is 0 Å². The highest BCUT2D eigenvalue weighted by atomic mass is 16.0. The van der Waals surface area contributed by atoms with Gasteiger partial charge in [0.1, 0.15) is 0 Å². The molecule has 2 N–H and O–H groups in total. The lowest BCUT2D eigenvalue weighted by atomic mass is 10.0. The fourth-order valence-electron chi connectivity index (χ4n) is 4.23. The third kappa shape index (κ3) is 20.4. The molecule has 0 radical (unpaired) electrons. The molecule has 1 aromatic carbocycles. The van der Waals surface area contributed by atoms with Gasteiger partial charge >= 0.3 is 0 Å². The van der Waals surface area contributed by atoms with Crippen LogP contribution in [-0.4, -0.2) is 31.0 Å². The van der Waals surface area contributed by atoms with E-state index in [2.05, 4.69) is 49.3 Å². The van der Waals surface area contributed by atoms with Gasteiger partial charge < -0.3 is 10.4 Å². The molecular formula is C28H53NO. The first-order valence-electron chi connectivity index (χ1n) is 13.0. The van der Waals surface area contributed by atoms with Crippen molar-refractivity contribution in [3.8, 4) is 0 Å². The Bertz CT molecular complexity index is 432. The number of nitrogens with zero attached hydrogens (tertiary/aromatic N) is 1. The Balaban J connectivity index is 0.00000841. The molecule has 0 aliphatic heterocycles. The second-order valence-corrected chi connectivity index (χ2v) is 9.40. The van der Waals surface area contributed by atoms with E-state index in [1.165, 1.54) is 134 Å². The van der Waals surface area contributed by atoms with Crippen molar-refractivity contribution >= 4 is 0 Å². The summed E-state index contributed by atoms with van der Waals surface area (Å²) in [5.74, 6) is 0. The fourth-order valence-corrected chi connectivity index (χ4v) is 4.23.